The van der Waals surface area contributed by atoms with E-state index in [0.29, 0.717) is 11.3 Å². The number of halogens is 4. The Morgan fingerprint density at radius 1 is 1.43 bits per heavy atom. The molecule has 1 aromatic rings. The van der Waals surface area contributed by atoms with Gasteiger partial charge in [0, 0.05) is 12.5 Å². The lowest BCUT2D eigenvalue weighted by atomic mass is 10.0. The minimum absolute atomic E-state index is 0.180. The van der Waals surface area contributed by atoms with Crippen LogP contribution in [0, 0.1) is 5.92 Å². The van der Waals surface area contributed by atoms with Gasteiger partial charge in [0.15, 0.2) is 0 Å². The molecule has 0 aromatic carbocycles. The predicted octanol–water partition coefficient (Wildman–Crippen LogP) is 1.39. The maximum Gasteiger partial charge on any atom is 0.393 e. The monoisotopic (exact) mass is 364 g/mol. The number of sulfonamides is 1. The van der Waals surface area contributed by atoms with Crippen LogP contribution >= 0.6 is 22.9 Å². The van der Waals surface area contributed by atoms with Gasteiger partial charge in [-0.05, 0) is 25.0 Å². The maximum absolute atomic E-state index is 12.7. The van der Waals surface area contributed by atoms with Gasteiger partial charge in [0.25, 0.3) is 0 Å². The van der Waals surface area contributed by atoms with Crippen LogP contribution in [-0.4, -0.2) is 27.1 Å². The first-order valence-corrected chi connectivity index (χ1v) is 8.21. The average molecular weight is 365 g/mol. The zero-order valence-electron chi connectivity index (χ0n) is 10.3. The largest absolute Gasteiger partial charge is 0.550 e. The standard InChI is InChI=1S/C10H11ClF3NO4S2/c11-7-2-4-9(20-7)21(18,19)15-5-6(10(12,13)14)1-3-8(16)17/h2,4,6,15H,1,3,5H2,(H,16,17)/p-1. The molecule has 0 aliphatic rings. The van der Waals surface area contributed by atoms with E-state index < -0.39 is 47.5 Å². The van der Waals surface area contributed by atoms with Crippen LogP contribution in [0.15, 0.2) is 16.3 Å². The van der Waals surface area contributed by atoms with E-state index in [9.17, 15) is 31.5 Å². The van der Waals surface area contributed by atoms with Crippen LogP contribution in [0.3, 0.4) is 0 Å². The number of carboxylic acids is 1. The molecule has 0 bridgehead atoms. The Kier molecular flexibility index (Phi) is 6.02. The van der Waals surface area contributed by atoms with Crippen molar-refractivity contribution in [2.24, 2.45) is 5.92 Å². The highest BCUT2D eigenvalue weighted by Gasteiger charge is 2.39. The van der Waals surface area contributed by atoms with Crippen LogP contribution in [-0.2, 0) is 14.8 Å². The molecule has 120 valence electrons. The van der Waals surface area contributed by atoms with E-state index in [1.165, 1.54) is 12.1 Å². The molecule has 1 N–H and O–H groups in total. The Morgan fingerprint density at radius 3 is 2.48 bits per heavy atom. The first-order chi connectivity index (χ1) is 9.52. The van der Waals surface area contributed by atoms with Gasteiger partial charge in [-0.3, -0.25) is 0 Å². The van der Waals surface area contributed by atoms with Crippen LogP contribution in [0.25, 0.3) is 0 Å². The second-order valence-electron chi connectivity index (χ2n) is 4.06. The molecule has 11 heteroatoms. The molecule has 1 aromatic heterocycles. The fraction of sp³-hybridized carbons (Fsp3) is 0.500. The molecule has 0 fully saturated rings. The van der Waals surface area contributed by atoms with E-state index >= 15 is 0 Å². The lowest BCUT2D eigenvalue weighted by Crippen LogP contribution is -2.37. The molecule has 0 saturated heterocycles. The van der Waals surface area contributed by atoms with Crippen molar-refractivity contribution >= 4 is 38.9 Å². The summed E-state index contributed by atoms with van der Waals surface area (Å²) in [5.41, 5.74) is 0. The Labute approximate surface area is 127 Å². The topological polar surface area (TPSA) is 86.3 Å². The molecule has 5 nitrogen and oxygen atoms in total. The minimum Gasteiger partial charge on any atom is -0.550 e. The smallest absolute Gasteiger partial charge is 0.393 e. The van der Waals surface area contributed by atoms with Gasteiger partial charge in [0.1, 0.15) is 4.21 Å². The number of rotatable bonds is 7. The summed E-state index contributed by atoms with van der Waals surface area (Å²) >= 11 is 6.26. The van der Waals surface area contributed by atoms with Crippen LogP contribution in [0.2, 0.25) is 4.34 Å². The Hall–Kier alpha value is -0.840. The highest BCUT2D eigenvalue weighted by molar-refractivity contribution is 7.91. The molecular weight excluding hydrogens is 355 g/mol. The summed E-state index contributed by atoms with van der Waals surface area (Å²) < 4.78 is 63.4. The number of hydrogen-bond donors (Lipinski definition) is 1. The van der Waals surface area contributed by atoms with Gasteiger partial charge in [-0.2, -0.15) is 13.2 Å². The molecule has 0 radical (unpaired) electrons. The Balaban J connectivity index is 2.74. The van der Waals surface area contributed by atoms with Crippen LogP contribution < -0.4 is 9.83 Å². The number of hydrogen-bond acceptors (Lipinski definition) is 5. The Bertz CT molecular complexity index is 600. The van der Waals surface area contributed by atoms with E-state index in [1.54, 1.807) is 0 Å². The molecule has 0 amide bonds. The summed E-state index contributed by atoms with van der Waals surface area (Å²) in [7, 11) is -4.11. The third-order valence-corrected chi connectivity index (χ3v) is 5.64. The normalized spacial score (nSPS) is 14.1. The summed E-state index contributed by atoms with van der Waals surface area (Å²) in [4.78, 5) is 10.2. The predicted molar refractivity (Wildman–Crippen MR) is 68.3 cm³/mol. The van der Waals surface area contributed by atoms with Crippen molar-refractivity contribution in [1.29, 1.82) is 0 Å². The van der Waals surface area contributed by atoms with Crippen molar-refractivity contribution in [3.8, 4) is 0 Å². The van der Waals surface area contributed by atoms with Gasteiger partial charge in [-0.25, -0.2) is 13.1 Å². The lowest BCUT2D eigenvalue weighted by Gasteiger charge is -2.20. The first-order valence-electron chi connectivity index (χ1n) is 5.54. The number of carbonyl (C=O) groups is 1. The highest BCUT2D eigenvalue weighted by Crippen LogP contribution is 2.30. The fourth-order valence-corrected chi connectivity index (χ4v) is 4.01. The molecular formula is C10H10ClF3NO4S2-. The average Bonchev–Trinajstić information content (AvgIpc) is 2.74. The third kappa shape index (κ3) is 5.81. The zero-order valence-corrected chi connectivity index (χ0v) is 12.7. The van der Waals surface area contributed by atoms with E-state index in [4.69, 9.17) is 11.6 Å². The summed E-state index contributed by atoms with van der Waals surface area (Å²) in [6, 6.07) is 2.47. The van der Waals surface area contributed by atoms with Crippen molar-refractivity contribution in [2.45, 2.75) is 23.2 Å². The van der Waals surface area contributed by atoms with Gasteiger partial charge in [-0.1, -0.05) is 11.6 Å². The van der Waals surface area contributed by atoms with Crippen LogP contribution in [0.1, 0.15) is 12.8 Å². The maximum atomic E-state index is 12.7. The van der Waals surface area contributed by atoms with E-state index in [-0.39, 0.29) is 8.55 Å². The number of nitrogens with one attached hydrogen (secondary N) is 1. The van der Waals surface area contributed by atoms with Crippen LogP contribution in [0.4, 0.5) is 13.2 Å². The van der Waals surface area contributed by atoms with Gasteiger partial charge in [0.05, 0.1) is 10.3 Å². The van der Waals surface area contributed by atoms with Gasteiger partial charge in [0.2, 0.25) is 10.0 Å². The molecule has 0 saturated carbocycles. The number of carbonyl (C=O) groups excluding carboxylic acids is 1. The zero-order chi connectivity index (χ0) is 16.3. The Morgan fingerprint density at radius 2 is 2.05 bits per heavy atom. The van der Waals surface area contributed by atoms with Gasteiger partial charge >= 0.3 is 6.18 Å². The highest BCUT2D eigenvalue weighted by atomic mass is 35.5. The van der Waals surface area contributed by atoms with E-state index in [2.05, 4.69) is 0 Å². The number of alkyl halides is 3. The van der Waals surface area contributed by atoms with Crippen molar-refractivity contribution in [3.63, 3.8) is 0 Å². The quantitative estimate of drug-likeness (QED) is 0.792. The molecule has 1 rings (SSSR count). The SMILES string of the molecule is O=C([O-])CCC(CNS(=O)(=O)c1ccc(Cl)s1)C(F)(F)F. The number of aliphatic carboxylic acids is 1. The number of thiophene rings is 1. The molecule has 1 unspecified atom stereocenters. The summed E-state index contributed by atoms with van der Waals surface area (Å²) in [5.74, 6) is -3.74. The van der Waals surface area contributed by atoms with Gasteiger partial charge in [-0.15, -0.1) is 11.3 Å². The van der Waals surface area contributed by atoms with E-state index in [0.717, 1.165) is 0 Å². The second kappa shape index (κ2) is 6.95. The van der Waals surface area contributed by atoms with Gasteiger partial charge < -0.3 is 9.90 Å². The molecule has 0 spiro atoms. The van der Waals surface area contributed by atoms with Crippen molar-refractivity contribution in [3.05, 3.63) is 16.5 Å². The molecule has 21 heavy (non-hydrogen) atoms. The molecule has 1 atom stereocenters. The number of carboxylic acid groups (broad SMARTS) is 1. The second-order valence-corrected chi connectivity index (χ2v) is 7.77. The fourth-order valence-electron chi connectivity index (χ4n) is 1.40. The summed E-state index contributed by atoms with van der Waals surface area (Å²) in [6.07, 6.45) is -6.29. The van der Waals surface area contributed by atoms with E-state index in [1.807, 2.05) is 4.72 Å². The summed E-state index contributed by atoms with van der Waals surface area (Å²) in [6.45, 7) is -0.950. The third-order valence-electron chi connectivity index (χ3n) is 2.49. The summed E-state index contributed by atoms with van der Waals surface area (Å²) in [5, 5.41) is 10.2. The van der Waals surface area contributed by atoms with Crippen LogP contribution in [0.5, 0.6) is 0 Å². The minimum atomic E-state index is -4.72. The molecule has 1 heterocycles. The lowest BCUT2D eigenvalue weighted by molar-refractivity contribution is -0.306. The van der Waals surface area contributed by atoms with Crippen molar-refractivity contribution in [2.75, 3.05) is 6.54 Å². The van der Waals surface area contributed by atoms with Crippen molar-refractivity contribution < 1.29 is 31.5 Å². The molecule has 0 aliphatic carbocycles. The first kappa shape index (κ1) is 18.2. The van der Waals surface area contributed by atoms with Crippen molar-refractivity contribution in [1.82, 2.24) is 4.72 Å². The molecule has 0 aliphatic heterocycles.